The van der Waals surface area contributed by atoms with Crippen molar-refractivity contribution in [1.29, 1.82) is 0 Å². The fourth-order valence-corrected chi connectivity index (χ4v) is 3.47. The Kier molecular flexibility index (Phi) is 6.88. The fraction of sp³-hybridized carbons (Fsp3) is 0. The van der Waals surface area contributed by atoms with E-state index in [0.29, 0.717) is 44.2 Å². The van der Waals surface area contributed by atoms with E-state index in [4.69, 9.17) is 23.2 Å². The first-order chi connectivity index (χ1) is 16.0. The zero-order chi connectivity index (χ0) is 23.2. The molecule has 0 bridgehead atoms. The lowest BCUT2D eigenvalue weighted by Gasteiger charge is -2.11. The third-order valence-corrected chi connectivity index (χ3v) is 5.19. The van der Waals surface area contributed by atoms with Gasteiger partial charge in [-0.2, -0.15) is 0 Å². The molecule has 2 aromatic carbocycles. The molecule has 6 nitrogen and oxygen atoms in total. The van der Waals surface area contributed by atoms with Gasteiger partial charge in [-0.3, -0.25) is 4.79 Å². The molecular formula is C25H18Cl2N4O2. The van der Waals surface area contributed by atoms with Crippen molar-refractivity contribution in [2.24, 2.45) is 0 Å². The molecule has 2 heterocycles. The summed E-state index contributed by atoms with van der Waals surface area (Å²) in [6.07, 6.45) is 6.39. The number of phenols is 1. The van der Waals surface area contributed by atoms with Gasteiger partial charge in [0.25, 0.3) is 0 Å². The number of phenolic OH excluding ortho intramolecular Hbond substituents is 1. The Balaban J connectivity index is 1.56. The van der Waals surface area contributed by atoms with E-state index < -0.39 is 0 Å². The Morgan fingerprint density at radius 3 is 2.36 bits per heavy atom. The highest BCUT2D eigenvalue weighted by Crippen LogP contribution is 2.29. The molecule has 4 aromatic rings. The van der Waals surface area contributed by atoms with Crippen molar-refractivity contribution < 1.29 is 9.90 Å². The van der Waals surface area contributed by atoms with Crippen LogP contribution in [0.4, 0.5) is 23.0 Å². The SMILES string of the molecule is O=C(/C=C/c1cccnc1Nc1ccc(Cl)cc1Cl)c1cccnc1Nc1ccc(O)cc1. The van der Waals surface area contributed by atoms with Crippen LogP contribution in [-0.4, -0.2) is 20.9 Å². The van der Waals surface area contributed by atoms with Gasteiger partial charge in [0.05, 0.1) is 16.3 Å². The number of carbonyl (C=O) groups excluding carboxylic acids is 1. The number of ketones is 1. The Morgan fingerprint density at radius 2 is 1.61 bits per heavy atom. The number of rotatable bonds is 7. The third kappa shape index (κ3) is 5.68. The number of halogens is 2. The molecule has 0 unspecified atom stereocenters. The monoisotopic (exact) mass is 476 g/mol. The largest absolute Gasteiger partial charge is 0.508 e. The maximum Gasteiger partial charge on any atom is 0.189 e. The molecular weight excluding hydrogens is 459 g/mol. The average molecular weight is 477 g/mol. The highest BCUT2D eigenvalue weighted by atomic mass is 35.5. The number of benzene rings is 2. The topological polar surface area (TPSA) is 87.1 Å². The molecule has 0 spiro atoms. The van der Waals surface area contributed by atoms with E-state index in [-0.39, 0.29) is 11.5 Å². The number of aromatic nitrogens is 2. The summed E-state index contributed by atoms with van der Waals surface area (Å²) in [6, 6.07) is 18.6. The van der Waals surface area contributed by atoms with Gasteiger partial charge in [0.15, 0.2) is 5.78 Å². The van der Waals surface area contributed by atoms with Crippen LogP contribution < -0.4 is 10.6 Å². The van der Waals surface area contributed by atoms with Crippen molar-refractivity contribution in [3.05, 3.63) is 106 Å². The first kappa shape index (κ1) is 22.3. The number of aromatic hydroxyl groups is 1. The number of pyridine rings is 2. The molecule has 0 amide bonds. The van der Waals surface area contributed by atoms with Gasteiger partial charge in [0, 0.05) is 28.7 Å². The second-order valence-corrected chi connectivity index (χ2v) is 7.80. The molecule has 8 heteroatoms. The van der Waals surface area contributed by atoms with Crippen LogP contribution in [0.1, 0.15) is 15.9 Å². The van der Waals surface area contributed by atoms with Crippen molar-refractivity contribution in [1.82, 2.24) is 9.97 Å². The van der Waals surface area contributed by atoms with Gasteiger partial charge in [-0.15, -0.1) is 0 Å². The molecule has 2 aromatic heterocycles. The highest BCUT2D eigenvalue weighted by Gasteiger charge is 2.11. The van der Waals surface area contributed by atoms with Gasteiger partial charge in [-0.1, -0.05) is 23.2 Å². The Labute approximate surface area is 200 Å². The molecule has 164 valence electrons. The number of hydrogen-bond donors (Lipinski definition) is 3. The van der Waals surface area contributed by atoms with Crippen LogP contribution in [0, 0.1) is 0 Å². The fourth-order valence-electron chi connectivity index (χ4n) is 3.02. The summed E-state index contributed by atoms with van der Waals surface area (Å²) >= 11 is 12.2. The van der Waals surface area contributed by atoms with E-state index in [2.05, 4.69) is 20.6 Å². The minimum atomic E-state index is -0.233. The zero-order valence-electron chi connectivity index (χ0n) is 17.2. The summed E-state index contributed by atoms with van der Waals surface area (Å²) < 4.78 is 0. The molecule has 3 N–H and O–H groups in total. The summed E-state index contributed by atoms with van der Waals surface area (Å²) in [5.41, 5.74) is 2.45. The second kappa shape index (κ2) is 10.2. The molecule has 33 heavy (non-hydrogen) atoms. The lowest BCUT2D eigenvalue weighted by Crippen LogP contribution is -2.03. The quantitative estimate of drug-likeness (QED) is 0.153. The predicted octanol–water partition coefficient (Wildman–Crippen LogP) is 6.87. The lowest BCUT2D eigenvalue weighted by molar-refractivity contribution is 0.104. The summed E-state index contributed by atoms with van der Waals surface area (Å²) in [7, 11) is 0. The van der Waals surface area contributed by atoms with Gasteiger partial charge in [-0.25, -0.2) is 9.97 Å². The summed E-state index contributed by atoms with van der Waals surface area (Å²) in [4.78, 5) is 21.6. The van der Waals surface area contributed by atoms with Crippen LogP contribution in [0.2, 0.25) is 10.0 Å². The van der Waals surface area contributed by atoms with Crippen LogP contribution in [0.3, 0.4) is 0 Å². The van der Waals surface area contributed by atoms with Crippen LogP contribution in [0.25, 0.3) is 6.08 Å². The molecule has 0 aliphatic heterocycles. The van der Waals surface area contributed by atoms with Crippen LogP contribution >= 0.6 is 23.2 Å². The first-order valence-electron chi connectivity index (χ1n) is 9.90. The normalized spacial score (nSPS) is 10.8. The molecule has 0 atom stereocenters. The van der Waals surface area contributed by atoms with E-state index in [1.807, 2.05) is 6.07 Å². The number of hydrogen-bond acceptors (Lipinski definition) is 6. The second-order valence-electron chi connectivity index (χ2n) is 6.96. The summed E-state index contributed by atoms with van der Waals surface area (Å²) in [5, 5.41) is 16.7. The molecule has 0 saturated carbocycles. The lowest BCUT2D eigenvalue weighted by atomic mass is 10.1. The molecule has 0 fully saturated rings. The Bertz CT molecular complexity index is 1320. The van der Waals surface area contributed by atoms with Crippen molar-refractivity contribution >= 4 is 58.1 Å². The third-order valence-electron chi connectivity index (χ3n) is 4.64. The Morgan fingerprint density at radius 1 is 0.879 bits per heavy atom. The maximum absolute atomic E-state index is 13.0. The van der Waals surface area contributed by atoms with E-state index in [1.165, 1.54) is 6.08 Å². The van der Waals surface area contributed by atoms with Crippen LogP contribution in [0.5, 0.6) is 5.75 Å². The van der Waals surface area contributed by atoms with Gasteiger partial charge in [-0.05, 0) is 78.9 Å². The number of nitrogens with zero attached hydrogens (tertiary/aromatic N) is 2. The smallest absolute Gasteiger partial charge is 0.189 e. The molecule has 4 rings (SSSR count). The Hall–Kier alpha value is -3.87. The molecule has 0 aliphatic carbocycles. The average Bonchev–Trinajstić information content (AvgIpc) is 2.82. The van der Waals surface area contributed by atoms with Gasteiger partial charge < -0.3 is 15.7 Å². The van der Waals surface area contributed by atoms with Gasteiger partial charge >= 0.3 is 0 Å². The molecule has 0 aliphatic rings. The van der Waals surface area contributed by atoms with Gasteiger partial charge in [0.1, 0.15) is 17.4 Å². The van der Waals surface area contributed by atoms with Crippen molar-refractivity contribution in [2.75, 3.05) is 10.6 Å². The number of nitrogens with one attached hydrogen (secondary N) is 2. The maximum atomic E-state index is 13.0. The minimum absolute atomic E-state index is 0.154. The standard InChI is InChI=1S/C25H18Cl2N4O2/c26-17-6-11-22(21(27)15-17)31-24-16(3-1-13-28-24)5-12-23(33)20-4-2-14-29-25(20)30-18-7-9-19(32)10-8-18/h1-15,32H,(H,28,31)(H,29,30)/b12-5+. The van der Waals surface area contributed by atoms with E-state index in [9.17, 15) is 9.90 Å². The van der Waals surface area contributed by atoms with Gasteiger partial charge in [0.2, 0.25) is 0 Å². The van der Waals surface area contributed by atoms with Crippen LogP contribution in [-0.2, 0) is 0 Å². The van der Waals surface area contributed by atoms with Crippen molar-refractivity contribution in [3.8, 4) is 5.75 Å². The van der Waals surface area contributed by atoms with Crippen molar-refractivity contribution in [3.63, 3.8) is 0 Å². The van der Waals surface area contributed by atoms with Crippen molar-refractivity contribution in [2.45, 2.75) is 0 Å². The number of anilines is 4. The van der Waals surface area contributed by atoms with E-state index >= 15 is 0 Å². The minimum Gasteiger partial charge on any atom is -0.508 e. The first-order valence-corrected chi connectivity index (χ1v) is 10.7. The number of allylic oxidation sites excluding steroid dienone is 1. The summed E-state index contributed by atoms with van der Waals surface area (Å²) in [5.74, 6) is 0.875. The molecule has 0 saturated heterocycles. The zero-order valence-corrected chi connectivity index (χ0v) is 18.7. The highest BCUT2D eigenvalue weighted by molar-refractivity contribution is 6.36. The summed E-state index contributed by atoms with van der Waals surface area (Å²) in [6.45, 7) is 0. The predicted molar refractivity (Wildman–Crippen MR) is 133 cm³/mol. The van der Waals surface area contributed by atoms with E-state index in [0.717, 1.165) is 0 Å². The molecule has 0 radical (unpaired) electrons. The van der Waals surface area contributed by atoms with E-state index in [1.54, 1.807) is 79.1 Å². The number of carbonyl (C=O) groups is 1. The van der Waals surface area contributed by atoms with Crippen LogP contribution in [0.15, 0.2) is 85.2 Å².